The van der Waals surface area contributed by atoms with Gasteiger partial charge in [0.1, 0.15) is 5.52 Å². The summed E-state index contributed by atoms with van der Waals surface area (Å²) in [5.74, 6) is -0.189. The molecule has 1 aromatic carbocycles. The Hall–Kier alpha value is -3.22. The second-order valence-electron chi connectivity index (χ2n) is 5.58. The molecular weight excluding hydrogens is 318 g/mol. The third kappa shape index (κ3) is 4.00. The van der Waals surface area contributed by atoms with Crippen molar-refractivity contribution < 1.29 is 9.21 Å². The molecule has 0 saturated carbocycles. The summed E-state index contributed by atoms with van der Waals surface area (Å²) < 4.78 is 5.69. The van der Waals surface area contributed by atoms with E-state index in [0.29, 0.717) is 29.1 Å². The van der Waals surface area contributed by atoms with Crippen molar-refractivity contribution in [3.63, 3.8) is 0 Å². The average Bonchev–Trinajstić information content (AvgIpc) is 3.03. The number of benzene rings is 1. The van der Waals surface area contributed by atoms with Crippen molar-refractivity contribution >= 4 is 34.9 Å². The normalized spacial score (nSPS) is 12.4. The summed E-state index contributed by atoms with van der Waals surface area (Å²) in [6.07, 6.45) is 5.79. The van der Waals surface area contributed by atoms with Crippen LogP contribution in [0.1, 0.15) is 23.7 Å². The van der Waals surface area contributed by atoms with Crippen LogP contribution in [-0.2, 0) is 0 Å². The van der Waals surface area contributed by atoms with E-state index in [1.54, 1.807) is 56.0 Å². The Morgan fingerprint density at radius 1 is 1.32 bits per heavy atom. The molecule has 1 unspecified atom stereocenters. The maximum absolute atomic E-state index is 12.5. The van der Waals surface area contributed by atoms with Crippen LogP contribution in [0.15, 0.2) is 52.1 Å². The number of para-hydroxylation sites is 1. The third-order valence-electron chi connectivity index (χ3n) is 3.61. The summed E-state index contributed by atoms with van der Waals surface area (Å²) in [5, 5.41) is 6.00. The molecular formula is C18H19N5O2. The van der Waals surface area contributed by atoms with Gasteiger partial charge in [0.05, 0.1) is 5.56 Å². The minimum atomic E-state index is -0.189. The molecule has 0 aliphatic carbocycles. The number of carbonyl (C=O) groups is 1. The second kappa shape index (κ2) is 7.57. The number of anilines is 2. The molecule has 2 heterocycles. The predicted octanol–water partition coefficient (Wildman–Crippen LogP) is 3.18. The van der Waals surface area contributed by atoms with E-state index in [1.807, 2.05) is 6.92 Å². The van der Waals surface area contributed by atoms with E-state index in [9.17, 15) is 4.79 Å². The summed E-state index contributed by atoms with van der Waals surface area (Å²) in [5.41, 5.74) is 2.35. The van der Waals surface area contributed by atoms with Gasteiger partial charge in [0.15, 0.2) is 5.58 Å². The zero-order valence-electron chi connectivity index (χ0n) is 14.1. The Balaban J connectivity index is 1.83. The largest absolute Gasteiger partial charge is 0.423 e. The van der Waals surface area contributed by atoms with Gasteiger partial charge in [0.2, 0.25) is 0 Å². The topological polar surface area (TPSA) is 92.4 Å². The van der Waals surface area contributed by atoms with E-state index in [0.717, 1.165) is 5.69 Å². The van der Waals surface area contributed by atoms with Crippen LogP contribution < -0.4 is 10.6 Å². The van der Waals surface area contributed by atoms with Gasteiger partial charge in [0, 0.05) is 43.8 Å². The summed E-state index contributed by atoms with van der Waals surface area (Å²) in [4.78, 5) is 24.8. The van der Waals surface area contributed by atoms with Crippen LogP contribution in [0.2, 0.25) is 0 Å². The highest BCUT2D eigenvalue weighted by atomic mass is 16.4. The van der Waals surface area contributed by atoms with Gasteiger partial charge in [-0.05, 0) is 31.2 Å². The Labute approximate surface area is 145 Å². The molecule has 0 fully saturated rings. The quantitative estimate of drug-likeness (QED) is 0.674. The minimum absolute atomic E-state index is 0.0206. The summed E-state index contributed by atoms with van der Waals surface area (Å²) >= 11 is 0. The molecule has 25 heavy (non-hydrogen) atoms. The van der Waals surface area contributed by atoms with Crippen molar-refractivity contribution in [3.8, 4) is 0 Å². The van der Waals surface area contributed by atoms with Crippen LogP contribution in [0.4, 0.5) is 11.7 Å². The molecule has 0 saturated heterocycles. The number of rotatable bonds is 6. The van der Waals surface area contributed by atoms with Crippen molar-refractivity contribution in [3.05, 3.63) is 48.3 Å². The first kappa shape index (κ1) is 16.6. The van der Waals surface area contributed by atoms with Crippen LogP contribution in [0.3, 0.4) is 0 Å². The fraction of sp³-hybridized carbons (Fsp3) is 0.222. The second-order valence-corrected chi connectivity index (χ2v) is 5.58. The summed E-state index contributed by atoms with van der Waals surface area (Å²) in [6.45, 7) is 1.93. The lowest BCUT2D eigenvalue weighted by atomic mass is 10.1. The van der Waals surface area contributed by atoms with Crippen molar-refractivity contribution in [2.75, 3.05) is 12.4 Å². The SMILES string of the molecule is CN=CCC(C)NC(=O)c1cccc2oc(Nc3ccncc3)nc12. The first-order chi connectivity index (χ1) is 12.2. The van der Waals surface area contributed by atoms with Crippen molar-refractivity contribution in [1.29, 1.82) is 0 Å². The van der Waals surface area contributed by atoms with Crippen LogP contribution in [0, 0.1) is 0 Å². The predicted molar refractivity (Wildman–Crippen MR) is 97.5 cm³/mol. The van der Waals surface area contributed by atoms with E-state index in [-0.39, 0.29) is 11.9 Å². The zero-order chi connectivity index (χ0) is 17.6. The molecule has 3 rings (SSSR count). The van der Waals surface area contributed by atoms with Crippen molar-refractivity contribution in [2.24, 2.45) is 4.99 Å². The fourth-order valence-corrected chi connectivity index (χ4v) is 2.37. The molecule has 1 amide bonds. The number of oxazole rings is 1. The molecule has 0 radical (unpaired) electrons. The Bertz CT molecular complexity index is 889. The smallest absolute Gasteiger partial charge is 0.300 e. The maximum atomic E-state index is 12.5. The monoisotopic (exact) mass is 337 g/mol. The van der Waals surface area contributed by atoms with Crippen LogP contribution in [0.5, 0.6) is 0 Å². The molecule has 1 atom stereocenters. The van der Waals surface area contributed by atoms with Crippen LogP contribution in [0.25, 0.3) is 11.1 Å². The van der Waals surface area contributed by atoms with Gasteiger partial charge >= 0.3 is 0 Å². The highest BCUT2D eigenvalue weighted by molar-refractivity contribution is 6.05. The number of nitrogens with one attached hydrogen (secondary N) is 2. The molecule has 7 nitrogen and oxygen atoms in total. The molecule has 0 spiro atoms. The fourth-order valence-electron chi connectivity index (χ4n) is 2.37. The molecule has 0 aliphatic rings. The third-order valence-corrected chi connectivity index (χ3v) is 3.61. The number of amides is 1. The maximum Gasteiger partial charge on any atom is 0.300 e. The zero-order valence-corrected chi connectivity index (χ0v) is 14.1. The lowest BCUT2D eigenvalue weighted by Crippen LogP contribution is -2.32. The average molecular weight is 337 g/mol. The van der Waals surface area contributed by atoms with Gasteiger partial charge in [-0.25, -0.2) is 0 Å². The van der Waals surface area contributed by atoms with E-state index in [2.05, 4.69) is 25.6 Å². The van der Waals surface area contributed by atoms with E-state index in [1.165, 1.54) is 0 Å². The first-order valence-electron chi connectivity index (χ1n) is 7.95. The number of aliphatic imine (C=N–C) groups is 1. The van der Waals surface area contributed by atoms with Crippen molar-refractivity contribution in [1.82, 2.24) is 15.3 Å². The standard InChI is InChI=1S/C18H19N5O2/c1-12(6-9-19-2)21-17(24)14-4-3-5-15-16(14)23-18(25-15)22-13-7-10-20-11-8-13/h3-5,7-12H,6H2,1-2H3,(H,21,24)(H,20,22,23). The highest BCUT2D eigenvalue weighted by Crippen LogP contribution is 2.24. The number of nitrogens with zero attached hydrogens (tertiary/aromatic N) is 3. The lowest BCUT2D eigenvalue weighted by Gasteiger charge is -2.11. The molecule has 0 aliphatic heterocycles. The van der Waals surface area contributed by atoms with Gasteiger partial charge in [-0.15, -0.1) is 0 Å². The minimum Gasteiger partial charge on any atom is -0.423 e. The van der Waals surface area contributed by atoms with Gasteiger partial charge in [0.25, 0.3) is 11.9 Å². The molecule has 0 bridgehead atoms. The summed E-state index contributed by atoms with van der Waals surface area (Å²) in [7, 11) is 1.71. The Morgan fingerprint density at radius 2 is 2.12 bits per heavy atom. The number of carbonyl (C=O) groups excluding carboxylic acids is 1. The van der Waals surface area contributed by atoms with Gasteiger partial charge in [-0.1, -0.05) is 6.07 Å². The van der Waals surface area contributed by atoms with Crippen LogP contribution in [-0.4, -0.2) is 35.2 Å². The molecule has 128 valence electrons. The lowest BCUT2D eigenvalue weighted by molar-refractivity contribution is 0.0943. The highest BCUT2D eigenvalue weighted by Gasteiger charge is 2.16. The number of fused-ring (bicyclic) bond motifs is 1. The van der Waals surface area contributed by atoms with Crippen LogP contribution >= 0.6 is 0 Å². The summed E-state index contributed by atoms with van der Waals surface area (Å²) in [6, 6.07) is 9.21. The van der Waals surface area contributed by atoms with E-state index < -0.39 is 0 Å². The van der Waals surface area contributed by atoms with Gasteiger partial charge in [-0.2, -0.15) is 4.98 Å². The molecule has 3 aromatic rings. The van der Waals surface area contributed by atoms with Crippen molar-refractivity contribution in [2.45, 2.75) is 19.4 Å². The number of pyridine rings is 1. The molecule has 2 N–H and O–H groups in total. The van der Waals surface area contributed by atoms with Gasteiger partial charge in [-0.3, -0.25) is 9.78 Å². The number of hydrogen-bond acceptors (Lipinski definition) is 6. The number of aromatic nitrogens is 2. The van der Waals surface area contributed by atoms with E-state index in [4.69, 9.17) is 4.42 Å². The van der Waals surface area contributed by atoms with E-state index >= 15 is 0 Å². The number of hydrogen-bond donors (Lipinski definition) is 2. The molecule has 7 heteroatoms. The Morgan fingerprint density at radius 3 is 2.88 bits per heavy atom. The Kier molecular flexibility index (Phi) is 5.03. The first-order valence-corrected chi connectivity index (χ1v) is 7.95. The molecule has 2 aromatic heterocycles. The van der Waals surface area contributed by atoms with Gasteiger partial charge < -0.3 is 20.0 Å².